The zero-order chi connectivity index (χ0) is 15.1. The van der Waals surface area contributed by atoms with Crippen LogP contribution in [0.1, 0.15) is 28.7 Å². The summed E-state index contributed by atoms with van der Waals surface area (Å²) in [6, 6.07) is 3.32. The number of ketones is 1. The van der Waals surface area contributed by atoms with Gasteiger partial charge in [0.15, 0.2) is 11.5 Å². The highest BCUT2D eigenvalue weighted by Gasteiger charge is 2.35. The normalized spacial score (nSPS) is 11.7. The zero-order valence-corrected chi connectivity index (χ0v) is 11.2. The van der Waals surface area contributed by atoms with Crippen LogP contribution < -0.4 is 0 Å². The maximum atomic E-state index is 13.0. The SMILES string of the molecule is CC(=O)c1nnn(-c2ccc(Cl)cc2C(F)(F)F)c1C. The van der Waals surface area contributed by atoms with Crippen LogP contribution >= 0.6 is 11.6 Å². The molecule has 4 nitrogen and oxygen atoms in total. The molecule has 0 amide bonds. The number of alkyl halides is 3. The van der Waals surface area contributed by atoms with E-state index < -0.39 is 11.7 Å². The number of halogens is 4. The number of hydrogen-bond donors (Lipinski definition) is 0. The van der Waals surface area contributed by atoms with E-state index in [0.29, 0.717) is 0 Å². The molecule has 8 heteroatoms. The lowest BCUT2D eigenvalue weighted by Gasteiger charge is -2.13. The summed E-state index contributed by atoms with van der Waals surface area (Å²) < 4.78 is 40.1. The van der Waals surface area contributed by atoms with Crippen LogP contribution in [0.2, 0.25) is 5.02 Å². The number of carbonyl (C=O) groups excluding carboxylic acids is 1. The largest absolute Gasteiger partial charge is 0.418 e. The number of aromatic nitrogens is 3. The van der Waals surface area contributed by atoms with E-state index in [4.69, 9.17) is 11.6 Å². The third-order valence-electron chi connectivity index (χ3n) is 2.72. The molecule has 2 rings (SSSR count). The number of nitrogens with zero attached hydrogens (tertiary/aromatic N) is 3. The average molecular weight is 304 g/mol. The zero-order valence-electron chi connectivity index (χ0n) is 10.5. The second kappa shape index (κ2) is 4.90. The summed E-state index contributed by atoms with van der Waals surface area (Å²) in [6.45, 7) is 2.75. The van der Waals surface area contributed by atoms with Crippen molar-refractivity contribution in [3.8, 4) is 5.69 Å². The van der Waals surface area contributed by atoms with Crippen LogP contribution in [-0.4, -0.2) is 20.8 Å². The molecule has 1 aromatic carbocycles. The van der Waals surface area contributed by atoms with Gasteiger partial charge in [-0.15, -0.1) is 5.10 Å². The number of hydrogen-bond acceptors (Lipinski definition) is 3. The molecule has 106 valence electrons. The molecule has 20 heavy (non-hydrogen) atoms. The minimum absolute atomic E-state index is 0.0353. The van der Waals surface area contributed by atoms with E-state index in [9.17, 15) is 18.0 Å². The van der Waals surface area contributed by atoms with E-state index >= 15 is 0 Å². The van der Waals surface area contributed by atoms with Crippen molar-refractivity contribution in [1.82, 2.24) is 15.0 Å². The van der Waals surface area contributed by atoms with Gasteiger partial charge in [0.1, 0.15) is 0 Å². The summed E-state index contributed by atoms with van der Waals surface area (Å²) in [5.41, 5.74) is -0.883. The molecule has 0 aliphatic heterocycles. The standard InChI is InChI=1S/C12H9ClF3N3O/c1-6-11(7(2)20)17-18-19(6)10-4-3-8(13)5-9(10)12(14,15)16/h3-5H,1-2H3. The Balaban J connectivity index is 2.68. The van der Waals surface area contributed by atoms with Crippen LogP contribution in [0.5, 0.6) is 0 Å². The predicted molar refractivity (Wildman–Crippen MR) is 66.1 cm³/mol. The van der Waals surface area contributed by atoms with Gasteiger partial charge in [-0.2, -0.15) is 13.2 Å². The highest BCUT2D eigenvalue weighted by Crippen LogP contribution is 2.35. The van der Waals surface area contributed by atoms with Gasteiger partial charge in [0, 0.05) is 11.9 Å². The van der Waals surface area contributed by atoms with Gasteiger partial charge in [-0.3, -0.25) is 4.79 Å². The maximum Gasteiger partial charge on any atom is 0.418 e. The Morgan fingerprint density at radius 3 is 2.50 bits per heavy atom. The van der Waals surface area contributed by atoms with Crippen LogP contribution in [0.15, 0.2) is 18.2 Å². The fourth-order valence-electron chi connectivity index (χ4n) is 1.80. The summed E-state index contributed by atoms with van der Waals surface area (Å²) in [4.78, 5) is 11.3. The van der Waals surface area contributed by atoms with Crippen molar-refractivity contribution < 1.29 is 18.0 Å². The van der Waals surface area contributed by atoms with Gasteiger partial charge >= 0.3 is 6.18 Å². The van der Waals surface area contributed by atoms with Crippen LogP contribution in [0, 0.1) is 6.92 Å². The second-order valence-electron chi connectivity index (χ2n) is 4.15. The third kappa shape index (κ3) is 2.53. The molecule has 2 aromatic rings. The van der Waals surface area contributed by atoms with Crippen molar-refractivity contribution in [2.45, 2.75) is 20.0 Å². The first-order valence-electron chi connectivity index (χ1n) is 5.52. The summed E-state index contributed by atoms with van der Waals surface area (Å²) in [7, 11) is 0. The lowest BCUT2D eigenvalue weighted by Crippen LogP contribution is -2.12. The number of Topliss-reactive ketones (excluding diaryl/α,β-unsaturated/α-hetero) is 1. The van der Waals surface area contributed by atoms with Gasteiger partial charge < -0.3 is 0 Å². The van der Waals surface area contributed by atoms with Crippen LogP contribution in [0.25, 0.3) is 5.69 Å². The van der Waals surface area contributed by atoms with Crippen molar-refractivity contribution in [3.05, 3.63) is 40.2 Å². The summed E-state index contributed by atoms with van der Waals surface area (Å²) in [5.74, 6) is -0.365. The molecule has 0 spiro atoms. The minimum atomic E-state index is -4.59. The van der Waals surface area contributed by atoms with Crippen molar-refractivity contribution in [2.24, 2.45) is 0 Å². The van der Waals surface area contributed by atoms with Gasteiger partial charge in [0.25, 0.3) is 0 Å². The fourth-order valence-corrected chi connectivity index (χ4v) is 1.98. The van der Waals surface area contributed by atoms with Gasteiger partial charge in [-0.1, -0.05) is 16.8 Å². The third-order valence-corrected chi connectivity index (χ3v) is 2.96. The van der Waals surface area contributed by atoms with E-state index in [1.54, 1.807) is 0 Å². The molecule has 0 bridgehead atoms. The highest BCUT2D eigenvalue weighted by atomic mass is 35.5. The Kier molecular flexibility index (Phi) is 3.56. The van der Waals surface area contributed by atoms with Gasteiger partial charge in [0.2, 0.25) is 0 Å². The minimum Gasteiger partial charge on any atom is -0.293 e. The number of benzene rings is 1. The van der Waals surface area contributed by atoms with E-state index in [0.717, 1.165) is 10.7 Å². The first-order valence-corrected chi connectivity index (χ1v) is 5.90. The number of rotatable bonds is 2. The molecule has 0 saturated heterocycles. The summed E-state index contributed by atoms with van der Waals surface area (Å²) in [6.07, 6.45) is -4.59. The van der Waals surface area contributed by atoms with Crippen molar-refractivity contribution in [2.75, 3.05) is 0 Å². The van der Waals surface area contributed by atoms with E-state index in [-0.39, 0.29) is 27.9 Å². The predicted octanol–water partition coefficient (Wildman–Crippen LogP) is 3.45. The average Bonchev–Trinajstić information content (AvgIpc) is 2.70. The van der Waals surface area contributed by atoms with Crippen LogP contribution in [-0.2, 0) is 6.18 Å². The second-order valence-corrected chi connectivity index (χ2v) is 4.59. The Hall–Kier alpha value is -1.89. The Morgan fingerprint density at radius 2 is 2.00 bits per heavy atom. The molecule has 0 radical (unpaired) electrons. The monoisotopic (exact) mass is 303 g/mol. The lowest BCUT2D eigenvalue weighted by molar-refractivity contribution is -0.137. The number of carbonyl (C=O) groups is 1. The highest BCUT2D eigenvalue weighted by molar-refractivity contribution is 6.30. The first kappa shape index (κ1) is 14.5. The van der Waals surface area contributed by atoms with E-state index in [2.05, 4.69) is 10.3 Å². The van der Waals surface area contributed by atoms with Crippen molar-refractivity contribution in [3.63, 3.8) is 0 Å². The Labute approximate surface area is 117 Å². The van der Waals surface area contributed by atoms with E-state index in [1.165, 1.54) is 26.0 Å². The topological polar surface area (TPSA) is 47.8 Å². The molecule has 0 saturated carbocycles. The van der Waals surface area contributed by atoms with Gasteiger partial charge in [-0.25, -0.2) is 4.68 Å². The molecule has 0 aliphatic rings. The smallest absolute Gasteiger partial charge is 0.293 e. The fraction of sp³-hybridized carbons (Fsp3) is 0.250. The Morgan fingerprint density at radius 1 is 1.35 bits per heavy atom. The molecule has 1 heterocycles. The molecule has 0 unspecified atom stereocenters. The van der Waals surface area contributed by atoms with Crippen LogP contribution in [0.4, 0.5) is 13.2 Å². The molecular formula is C12H9ClF3N3O. The summed E-state index contributed by atoms with van der Waals surface area (Å²) >= 11 is 5.61. The lowest BCUT2D eigenvalue weighted by atomic mass is 10.1. The molecule has 1 aromatic heterocycles. The molecule has 0 aliphatic carbocycles. The Bertz CT molecular complexity index is 679. The summed E-state index contributed by atoms with van der Waals surface area (Å²) in [5, 5.41) is 7.18. The first-order chi connectivity index (χ1) is 9.21. The van der Waals surface area contributed by atoms with Crippen molar-refractivity contribution in [1.29, 1.82) is 0 Å². The molecule has 0 fully saturated rings. The van der Waals surface area contributed by atoms with Crippen LogP contribution in [0.3, 0.4) is 0 Å². The molecule has 0 N–H and O–H groups in total. The quantitative estimate of drug-likeness (QED) is 0.798. The van der Waals surface area contributed by atoms with Crippen molar-refractivity contribution >= 4 is 17.4 Å². The van der Waals surface area contributed by atoms with Gasteiger partial charge in [-0.05, 0) is 25.1 Å². The van der Waals surface area contributed by atoms with E-state index in [1.807, 2.05) is 0 Å². The maximum absolute atomic E-state index is 13.0. The molecular weight excluding hydrogens is 295 g/mol. The van der Waals surface area contributed by atoms with Gasteiger partial charge in [0.05, 0.1) is 16.9 Å². The molecule has 0 atom stereocenters.